The zero-order chi connectivity index (χ0) is 16.9. The van der Waals surface area contributed by atoms with Crippen molar-refractivity contribution in [1.29, 1.82) is 0 Å². The molecule has 0 aliphatic heterocycles. The average Bonchev–Trinajstić information content (AvgIpc) is 2.62. The molecule has 0 fully saturated rings. The molecule has 3 aromatic rings. The molecule has 2 nitrogen and oxygen atoms in total. The van der Waals surface area contributed by atoms with Gasteiger partial charge in [0.25, 0.3) is 0 Å². The van der Waals surface area contributed by atoms with Crippen LogP contribution in [-0.4, -0.2) is 24.8 Å². The molecule has 0 bridgehead atoms. The summed E-state index contributed by atoms with van der Waals surface area (Å²) in [6.45, 7) is 5.25. The van der Waals surface area contributed by atoms with Gasteiger partial charge >= 0.3 is 0 Å². The Hall–Kier alpha value is -2.61. The molecular weight excluding hydrogens is 292 g/mol. The van der Waals surface area contributed by atoms with E-state index >= 15 is 0 Å². The Labute approximate surface area is 144 Å². The molecule has 0 aromatic heterocycles. The topological polar surface area (TPSA) is 15.6 Å². The SMILES string of the molecule is CCN(C)C=Nc1ccc(Cc2ccccc2C)c2ccccc12. The van der Waals surface area contributed by atoms with E-state index in [2.05, 4.69) is 84.4 Å². The molecule has 2 heteroatoms. The van der Waals surface area contributed by atoms with Crippen molar-refractivity contribution in [3.63, 3.8) is 0 Å². The van der Waals surface area contributed by atoms with Crippen LogP contribution in [0.15, 0.2) is 65.7 Å². The summed E-state index contributed by atoms with van der Waals surface area (Å²) in [5, 5.41) is 2.50. The number of benzene rings is 3. The fraction of sp³-hybridized carbons (Fsp3) is 0.227. The van der Waals surface area contributed by atoms with Crippen molar-refractivity contribution in [1.82, 2.24) is 4.90 Å². The maximum Gasteiger partial charge on any atom is 0.0909 e. The second kappa shape index (κ2) is 7.31. The van der Waals surface area contributed by atoms with E-state index in [1.165, 1.54) is 27.5 Å². The van der Waals surface area contributed by atoms with E-state index in [-0.39, 0.29) is 0 Å². The van der Waals surface area contributed by atoms with Crippen LogP contribution in [-0.2, 0) is 6.42 Å². The van der Waals surface area contributed by atoms with Gasteiger partial charge in [-0.1, -0.05) is 54.6 Å². The van der Waals surface area contributed by atoms with E-state index in [1.54, 1.807) is 0 Å². The van der Waals surface area contributed by atoms with E-state index in [4.69, 9.17) is 0 Å². The normalized spacial score (nSPS) is 11.3. The number of rotatable bonds is 5. The van der Waals surface area contributed by atoms with Gasteiger partial charge < -0.3 is 4.90 Å². The molecule has 0 atom stereocenters. The van der Waals surface area contributed by atoms with Gasteiger partial charge in [0, 0.05) is 19.0 Å². The Morgan fingerprint density at radius 2 is 1.58 bits per heavy atom. The minimum atomic E-state index is 0.950. The lowest BCUT2D eigenvalue weighted by molar-refractivity contribution is 0.552. The van der Waals surface area contributed by atoms with Crippen molar-refractivity contribution in [3.05, 3.63) is 77.4 Å². The first-order valence-corrected chi connectivity index (χ1v) is 8.48. The lowest BCUT2D eigenvalue weighted by Crippen LogP contribution is -2.14. The standard InChI is InChI=1S/C22H24N2/c1-4-24(3)16-23-22-14-13-19(20-11-7-8-12-21(20)22)15-18-10-6-5-9-17(18)2/h5-14,16H,4,15H2,1-3H3. The van der Waals surface area contributed by atoms with Crippen LogP contribution in [0.1, 0.15) is 23.6 Å². The maximum atomic E-state index is 4.67. The van der Waals surface area contributed by atoms with Crippen molar-refractivity contribution < 1.29 is 0 Å². The average molecular weight is 316 g/mol. The smallest absolute Gasteiger partial charge is 0.0909 e. The highest BCUT2D eigenvalue weighted by Crippen LogP contribution is 2.30. The Kier molecular flexibility index (Phi) is 4.95. The lowest BCUT2D eigenvalue weighted by atomic mass is 9.95. The van der Waals surface area contributed by atoms with Crippen molar-refractivity contribution in [3.8, 4) is 0 Å². The van der Waals surface area contributed by atoms with Crippen LogP contribution in [0.25, 0.3) is 10.8 Å². The van der Waals surface area contributed by atoms with Crippen molar-refractivity contribution in [2.75, 3.05) is 13.6 Å². The van der Waals surface area contributed by atoms with Gasteiger partial charge in [0.1, 0.15) is 0 Å². The second-order valence-electron chi connectivity index (χ2n) is 6.21. The largest absolute Gasteiger partial charge is 0.366 e. The molecule has 0 aliphatic carbocycles. The highest BCUT2D eigenvalue weighted by molar-refractivity contribution is 5.96. The summed E-state index contributed by atoms with van der Waals surface area (Å²) < 4.78 is 0. The molecule has 0 N–H and O–H groups in total. The van der Waals surface area contributed by atoms with E-state index in [0.717, 1.165) is 18.7 Å². The van der Waals surface area contributed by atoms with Crippen LogP contribution in [0.2, 0.25) is 0 Å². The third-order valence-corrected chi connectivity index (χ3v) is 4.53. The Balaban J connectivity index is 2.02. The van der Waals surface area contributed by atoms with Crippen molar-refractivity contribution >= 4 is 22.8 Å². The van der Waals surface area contributed by atoms with Crippen LogP contribution < -0.4 is 0 Å². The number of aliphatic imine (C=N–C) groups is 1. The summed E-state index contributed by atoms with van der Waals surface area (Å²) in [4.78, 5) is 6.75. The Bertz CT molecular complexity index is 865. The monoisotopic (exact) mass is 316 g/mol. The second-order valence-corrected chi connectivity index (χ2v) is 6.21. The lowest BCUT2D eigenvalue weighted by Gasteiger charge is -2.12. The number of aryl methyl sites for hydroxylation is 1. The van der Waals surface area contributed by atoms with Gasteiger partial charge in [-0.25, -0.2) is 4.99 Å². The summed E-state index contributed by atoms with van der Waals surface area (Å²) >= 11 is 0. The molecule has 0 aliphatic rings. The molecule has 0 spiro atoms. The quantitative estimate of drug-likeness (QED) is 0.457. The highest BCUT2D eigenvalue weighted by atomic mass is 15.1. The van der Waals surface area contributed by atoms with Gasteiger partial charge in [-0.15, -0.1) is 0 Å². The molecule has 3 rings (SSSR count). The van der Waals surface area contributed by atoms with Gasteiger partial charge in [0.05, 0.1) is 12.0 Å². The van der Waals surface area contributed by atoms with Crippen LogP contribution in [0.5, 0.6) is 0 Å². The predicted molar refractivity (Wildman–Crippen MR) is 104 cm³/mol. The number of nitrogens with zero attached hydrogens (tertiary/aromatic N) is 2. The number of hydrogen-bond acceptors (Lipinski definition) is 1. The predicted octanol–water partition coefficient (Wildman–Crippen LogP) is 5.35. The summed E-state index contributed by atoms with van der Waals surface area (Å²) in [6.07, 6.45) is 2.86. The molecule has 0 unspecified atom stereocenters. The van der Waals surface area contributed by atoms with E-state index in [9.17, 15) is 0 Å². The van der Waals surface area contributed by atoms with Crippen molar-refractivity contribution in [2.24, 2.45) is 4.99 Å². The molecule has 0 saturated carbocycles. The molecule has 0 radical (unpaired) electrons. The molecule has 0 saturated heterocycles. The summed E-state index contributed by atoms with van der Waals surface area (Å²) in [7, 11) is 2.04. The summed E-state index contributed by atoms with van der Waals surface area (Å²) in [6, 6.07) is 21.5. The summed E-state index contributed by atoms with van der Waals surface area (Å²) in [5.74, 6) is 0. The summed E-state index contributed by atoms with van der Waals surface area (Å²) in [5.41, 5.74) is 5.10. The van der Waals surface area contributed by atoms with Crippen molar-refractivity contribution in [2.45, 2.75) is 20.3 Å². The first-order valence-electron chi connectivity index (χ1n) is 8.48. The van der Waals surface area contributed by atoms with Gasteiger partial charge in [0.2, 0.25) is 0 Å². The van der Waals surface area contributed by atoms with E-state index in [0.29, 0.717) is 0 Å². The first kappa shape index (κ1) is 16.3. The molecular formula is C22H24N2. The highest BCUT2D eigenvalue weighted by Gasteiger charge is 2.07. The van der Waals surface area contributed by atoms with Crippen LogP contribution in [0.4, 0.5) is 5.69 Å². The zero-order valence-corrected chi connectivity index (χ0v) is 14.7. The number of fused-ring (bicyclic) bond motifs is 1. The molecule has 122 valence electrons. The van der Waals surface area contributed by atoms with Gasteiger partial charge in [-0.3, -0.25) is 0 Å². The zero-order valence-electron chi connectivity index (χ0n) is 14.7. The molecule has 0 amide bonds. The van der Waals surface area contributed by atoms with Gasteiger partial charge in [-0.2, -0.15) is 0 Å². The molecule has 24 heavy (non-hydrogen) atoms. The fourth-order valence-corrected chi connectivity index (χ4v) is 2.87. The fourth-order valence-electron chi connectivity index (χ4n) is 2.87. The molecule has 0 heterocycles. The van der Waals surface area contributed by atoms with Crippen LogP contribution in [0.3, 0.4) is 0 Å². The minimum absolute atomic E-state index is 0.950. The first-order chi connectivity index (χ1) is 11.7. The third-order valence-electron chi connectivity index (χ3n) is 4.53. The van der Waals surface area contributed by atoms with Gasteiger partial charge in [0.15, 0.2) is 0 Å². The van der Waals surface area contributed by atoms with Crippen LogP contribution >= 0.6 is 0 Å². The molecule has 3 aromatic carbocycles. The minimum Gasteiger partial charge on any atom is -0.366 e. The Morgan fingerprint density at radius 3 is 2.33 bits per heavy atom. The number of hydrogen-bond donors (Lipinski definition) is 0. The third kappa shape index (κ3) is 3.48. The maximum absolute atomic E-state index is 4.67. The van der Waals surface area contributed by atoms with E-state index in [1.807, 2.05) is 13.4 Å². The Morgan fingerprint density at radius 1 is 0.875 bits per heavy atom. The van der Waals surface area contributed by atoms with E-state index < -0.39 is 0 Å². The van der Waals surface area contributed by atoms with Crippen LogP contribution in [0, 0.1) is 6.92 Å². The van der Waals surface area contributed by atoms with Gasteiger partial charge in [-0.05, 0) is 48.4 Å².